The lowest BCUT2D eigenvalue weighted by molar-refractivity contribution is 0.256. The molecule has 0 aliphatic heterocycles. The summed E-state index contributed by atoms with van der Waals surface area (Å²) in [6, 6.07) is 9.69. The van der Waals surface area contributed by atoms with E-state index < -0.39 is 6.03 Å². The van der Waals surface area contributed by atoms with Crippen LogP contribution in [0.1, 0.15) is 25.3 Å². The molecule has 0 radical (unpaired) electrons. The fraction of sp³-hybridized carbons (Fsp3) is 0.300. The Morgan fingerprint density at radius 2 is 1.54 bits per heavy atom. The van der Waals surface area contributed by atoms with E-state index in [1.165, 1.54) is 5.56 Å². The van der Waals surface area contributed by atoms with Gasteiger partial charge in [0.05, 0.1) is 0 Å². The van der Waals surface area contributed by atoms with Crippen molar-refractivity contribution in [2.24, 2.45) is 11.5 Å². The molecule has 1 aromatic carbocycles. The molecule has 13 heavy (non-hydrogen) atoms. The molecule has 3 nitrogen and oxygen atoms in total. The van der Waals surface area contributed by atoms with Gasteiger partial charge in [0.2, 0.25) is 0 Å². The lowest BCUT2D eigenvalue weighted by atomic mass is 10.0. The van der Waals surface area contributed by atoms with Crippen LogP contribution >= 0.6 is 0 Å². The van der Waals surface area contributed by atoms with E-state index in [4.69, 9.17) is 4.79 Å². The maximum Gasteiger partial charge on any atom is 0.309 e. The van der Waals surface area contributed by atoms with E-state index in [1.54, 1.807) is 0 Å². The van der Waals surface area contributed by atoms with Crippen LogP contribution in [0.3, 0.4) is 0 Å². The molecule has 0 heterocycles. The normalized spacial score (nSPS) is 8.85. The molecule has 0 aliphatic carbocycles. The second-order valence-corrected chi connectivity index (χ2v) is 2.97. The number of nitrogens with two attached hydrogens (primary N) is 2. The second kappa shape index (κ2) is 6.06. The fourth-order valence-corrected chi connectivity index (χ4v) is 0.838. The van der Waals surface area contributed by atoms with Gasteiger partial charge in [0.15, 0.2) is 0 Å². The standard InChI is InChI=1S/C9H12.CH4N2O/c1-8(2)9-6-4-3-5-7-9;2-1(3)4/h3-8H,1-2H3;(H4,2,3,4). The third-order valence-electron chi connectivity index (χ3n) is 1.47. The van der Waals surface area contributed by atoms with Crippen LogP contribution in [0.5, 0.6) is 0 Å². The molecule has 1 aromatic rings. The zero-order valence-corrected chi connectivity index (χ0v) is 8.03. The molecule has 72 valence electrons. The molecular formula is C10H16N2O. The monoisotopic (exact) mass is 180 g/mol. The minimum atomic E-state index is -0.833. The number of amides is 2. The van der Waals surface area contributed by atoms with Crippen LogP contribution in [0.15, 0.2) is 30.3 Å². The van der Waals surface area contributed by atoms with Gasteiger partial charge in [-0.05, 0) is 11.5 Å². The Morgan fingerprint density at radius 3 is 1.77 bits per heavy atom. The fourth-order valence-electron chi connectivity index (χ4n) is 0.838. The Balaban J connectivity index is 0.000000310. The van der Waals surface area contributed by atoms with Gasteiger partial charge in [-0.15, -0.1) is 0 Å². The summed E-state index contributed by atoms with van der Waals surface area (Å²) in [5.41, 5.74) is 9.91. The zero-order valence-electron chi connectivity index (χ0n) is 8.03. The smallest absolute Gasteiger partial charge is 0.309 e. The molecule has 0 spiro atoms. The topological polar surface area (TPSA) is 69.1 Å². The summed E-state index contributed by atoms with van der Waals surface area (Å²) in [5.74, 6) is 0.659. The maximum atomic E-state index is 9.00. The van der Waals surface area contributed by atoms with Crippen LogP contribution < -0.4 is 11.5 Å². The van der Waals surface area contributed by atoms with Crippen LogP contribution in [0.2, 0.25) is 0 Å². The van der Waals surface area contributed by atoms with Gasteiger partial charge in [-0.1, -0.05) is 44.2 Å². The van der Waals surface area contributed by atoms with E-state index in [9.17, 15) is 0 Å². The summed E-state index contributed by atoms with van der Waals surface area (Å²) < 4.78 is 0. The van der Waals surface area contributed by atoms with Crippen LogP contribution in [-0.4, -0.2) is 6.03 Å². The minimum Gasteiger partial charge on any atom is -0.352 e. The van der Waals surface area contributed by atoms with E-state index >= 15 is 0 Å². The highest BCUT2D eigenvalue weighted by Gasteiger charge is 1.93. The molecule has 0 fully saturated rings. The first kappa shape index (κ1) is 11.5. The third kappa shape index (κ3) is 6.87. The van der Waals surface area contributed by atoms with Crippen LogP contribution in [-0.2, 0) is 0 Å². The van der Waals surface area contributed by atoms with Gasteiger partial charge < -0.3 is 11.5 Å². The predicted molar refractivity (Wildman–Crippen MR) is 54.3 cm³/mol. The molecule has 0 saturated heterocycles. The van der Waals surface area contributed by atoms with Crippen LogP contribution in [0.4, 0.5) is 4.79 Å². The summed E-state index contributed by atoms with van der Waals surface area (Å²) in [4.78, 5) is 9.00. The molecule has 0 aromatic heterocycles. The van der Waals surface area contributed by atoms with Gasteiger partial charge in [0.1, 0.15) is 0 Å². The van der Waals surface area contributed by atoms with E-state index in [2.05, 4.69) is 49.6 Å². The molecule has 0 unspecified atom stereocenters. The highest BCUT2D eigenvalue weighted by atomic mass is 16.2. The molecule has 4 N–H and O–H groups in total. The van der Waals surface area contributed by atoms with Crippen molar-refractivity contribution in [1.29, 1.82) is 0 Å². The van der Waals surface area contributed by atoms with Gasteiger partial charge in [-0.25, -0.2) is 4.79 Å². The molecule has 1 rings (SSSR count). The molecule has 3 heteroatoms. The van der Waals surface area contributed by atoms with Crippen molar-refractivity contribution in [1.82, 2.24) is 0 Å². The first-order valence-electron chi connectivity index (χ1n) is 4.14. The van der Waals surface area contributed by atoms with E-state index in [0.29, 0.717) is 5.92 Å². The first-order chi connectivity index (χ1) is 6.04. The van der Waals surface area contributed by atoms with Crippen molar-refractivity contribution in [2.75, 3.05) is 0 Å². The zero-order chi connectivity index (χ0) is 10.3. The highest BCUT2D eigenvalue weighted by Crippen LogP contribution is 2.11. The first-order valence-corrected chi connectivity index (χ1v) is 4.14. The quantitative estimate of drug-likeness (QED) is 0.680. The third-order valence-corrected chi connectivity index (χ3v) is 1.47. The molecule has 0 aliphatic rings. The predicted octanol–water partition coefficient (Wildman–Crippen LogP) is 1.83. The Hall–Kier alpha value is -1.51. The Bertz CT molecular complexity index is 240. The van der Waals surface area contributed by atoms with Gasteiger partial charge in [-0.2, -0.15) is 0 Å². The summed E-state index contributed by atoms with van der Waals surface area (Å²) in [6.45, 7) is 4.41. The summed E-state index contributed by atoms with van der Waals surface area (Å²) in [7, 11) is 0. The lowest BCUT2D eigenvalue weighted by Crippen LogP contribution is -2.18. The van der Waals surface area contributed by atoms with E-state index in [0.717, 1.165) is 0 Å². The van der Waals surface area contributed by atoms with Crippen LogP contribution in [0, 0.1) is 0 Å². The number of carbonyl (C=O) groups is 1. The Morgan fingerprint density at radius 1 is 1.15 bits per heavy atom. The van der Waals surface area contributed by atoms with Gasteiger partial charge >= 0.3 is 6.03 Å². The highest BCUT2D eigenvalue weighted by molar-refractivity contribution is 5.69. The molecule has 0 saturated carbocycles. The van der Waals surface area contributed by atoms with Crippen molar-refractivity contribution in [3.05, 3.63) is 35.9 Å². The summed E-state index contributed by atoms with van der Waals surface area (Å²) in [6.07, 6.45) is 0. The number of hydrogen-bond donors (Lipinski definition) is 2. The number of rotatable bonds is 1. The average Bonchev–Trinajstić information content (AvgIpc) is 2.05. The number of primary amides is 2. The van der Waals surface area contributed by atoms with Gasteiger partial charge in [-0.3, -0.25) is 0 Å². The number of benzene rings is 1. The van der Waals surface area contributed by atoms with Crippen molar-refractivity contribution in [3.8, 4) is 0 Å². The lowest BCUT2D eigenvalue weighted by Gasteiger charge is -2.01. The van der Waals surface area contributed by atoms with Crippen molar-refractivity contribution in [2.45, 2.75) is 19.8 Å². The second-order valence-electron chi connectivity index (χ2n) is 2.97. The van der Waals surface area contributed by atoms with E-state index in [-0.39, 0.29) is 0 Å². The number of carbonyl (C=O) groups excluding carboxylic acids is 1. The summed E-state index contributed by atoms with van der Waals surface area (Å²) >= 11 is 0. The van der Waals surface area contributed by atoms with Gasteiger partial charge in [0, 0.05) is 0 Å². The number of hydrogen-bond acceptors (Lipinski definition) is 1. The summed E-state index contributed by atoms with van der Waals surface area (Å²) in [5, 5.41) is 0. The Kier molecular flexibility index (Phi) is 5.35. The maximum absolute atomic E-state index is 9.00. The molecular weight excluding hydrogens is 164 g/mol. The molecule has 0 bridgehead atoms. The van der Waals surface area contributed by atoms with Crippen molar-refractivity contribution in [3.63, 3.8) is 0 Å². The average molecular weight is 180 g/mol. The number of urea groups is 1. The van der Waals surface area contributed by atoms with Crippen molar-refractivity contribution >= 4 is 6.03 Å². The largest absolute Gasteiger partial charge is 0.352 e. The van der Waals surface area contributed by atoms with Gasteiger partial charge in [0.25, 0.3) is 0 Å². The molecule has 0 atom stereocenters. The SMILES string of the molecule is CC(C)c1ccccc1.NC(N)=O. The van der Waals surface area contributed by atoms with Crippen LogP contribution in [0.25, 0.3) is 0 Å². The molecule has 2 amide bonds. The van der Waals surface area contributed by atoms with E-state index in [1.807, 2.05) is 6.07 Å². The Labute approximate surface area is 78.7 Å². The minimum absolute atomic E-state index is 0.659. The van der Waals surface area contributed by atoms with Crippen molar-refractivity contribution < 1.29 is 4.79 Å².